The molecule has 106 valence electrons. The molecule has 20 heavy (non-hydrogen) atoms. The number of halogens is 3. The monoisotopic (exact) mass is 318 g/mol. The number of sulfonamides is 1. The van der Waals surface area contributed by atoms with Crippen LogP contribution >= 0.6 is 11.6 Å². The first kappa shape index (κ1) is 14.5. The Morgan fingerprint density at radius 2 is 1.85 bits per heavy atom. The van der Waals surface area contributed by atoms with Gasteiger partial charge in [-0.2, -0.15) is 0 Å². The zero-order valence-corrected chi connectivity index (χ0v) is 11.5. The van der Waals surface area contributed by atoms with Gasteiger partial charge in [0.1, 0.15) is 4.90 Å². The van der Waals surface area contributed by atoms with Crippen molar-refractivity contribution in [2.45, 2.75) is 4.90 Å². The van der Waals surface area contributed by atoms with E-state index in [9.17, 15) is 17.2 Å². The van der Waals surface area contributed by atoms with Gasteiger partial charge in [-0.25, -0.2) is 17.2 Å². The quantitative estimate of drug-likeness (QED) is 0.854. The fourth-order valence-electron chi connectivity index (χ4n) is 1.52. The number of anilines is 2. The molecule has 0 aromatic heterocycles. The van der Waals surface area contributed by atoms with E-state index in [2.05, 4.69) is 0 Å². The van der Waals surface area contributed by atoms with Gasteiger partial charge in [-0.3, -0.25) is 4.72 Å². The van der Waals surface area contributed by atoms with Crippen molar-refractivity contribution in [3.05, 3.63) is 53.1 Å². The SMILES string of the molecule is Nc1ccc(S(=O)(=O)Nc2cccc(F)c2F)c(Cl)c1. The average Bonchev–Trinajstić information content (AvgIpc) is 2.34. The number of nitrogens with two attached hydrogens (primary N) is 1. The van der Waals surface area contributed by atoms with Crippen molar-refractivity contribution in [2.75, 3.05) is 10.5 Å². The molecule has 3 N–H and O–H groups in total. The van der Waals surface area contributed by atoms with Crippen molar-refractivity contribution in [3.63, 3.8) is 0 Å². The van der Waals surface area contributed by atoms with Crippen LogP contribution in [0, 0.1) is 11.6 Å². The van der Waals surface area contributed by atoms with Gasteiger partial charge in [-0.05, 0) is 30.3 Å². The molecule has 2 rings (SSSR count). The molecule has 0 amide bonds. The minimum atomic E-state index is -4.14. The highest BCUT2D eigenvalue weighted by molar-refractivity contribution is 7.92. The minimum absolute atomic E-state index is 0.116. The van der Waals surface area contributed by atoms with Gasteiger partial charge in [0, 0.05) is 5.69 Å². The third kappa shape index (κ3) is 2.83. The van der Waals surface area contributed by atoms with E-state index in [0.717, 1.165) is 12.1 Å². The van der Waals surface area contributed by atoms with Crippen LogP contribution in [0.1, 0.15) is 0 Å². The lowest BCUT2D eigenvalue weighted by Gasteiger charge is -2.10. The van der Waals surface area contributed by atoms with Crippen molar-refractivity contribution in [1.82, 2.24) is 0 Å². The summed E-state index contributed by atoms with van der Waals surface area (Å²) in [6.45, 7) is 0. The van der Waals surface area contributed by atoms with Gasteiger partial charge in [0.2, 0.25) is 0 Å². The molecule has 0 heterocycles. The Morgan fingerprint density at radius 1 is 1.15 bits per heavy atom. The molecule has 0 aliphatic rings. The molecule has 0 spiro atoms. The number of nitrogen functional groups attached to an aromatic ring is 1. The van der Waals surface area contributed by atoms with Crippen molar-refractivity contribution in [2.24, 2.45) is 0 Å². The third-order valence-electron chi connectivity index (χ3n) is 2.44. The van der Waals surface area contributed by atoms with Crippen LogP contribution in [-0.2, 0) is 10.0 Å². The molecule has 2 aromatic carbocycles. The molecular weight excluding hydrogens is 310 g/mol. The Hall–Kier alpha value is -1.86. The summed E-state index contributed by atoms with van der Waals surface area (Å²) in [7, 11) is -4.14. The van der Waals surface area contributed by atoms with E-state index in [4.69, 9.17) is 17.3 Å². The second-order valence-corrected chi connectivity index (χ2v) is 5.95. The summed E-state index contributed by atoms with van der Waals surface area (Å²) >= 11 is 5.78. The van der Waals surface area contributed by atoms with Crippen molar-refractivity contribution < 1.29 is 17.2 Å². The lowest BCUT2D eigenvalue weighted by atomic mass is 10.3. The summed E-state index contributed by atoms with van der Waals surface area (Å²) < 4.78 is 52.6. The number of rotatable bonds is 3. The van der Waals surface area contributed by atoms with Crippen LogP contribution in [-0.4, -0.2) is 8.42 Å². The first-order chi connectivity index (χ1) is 9.31. The maximum absolute atomic E-state index is 13.5. The molecule has 0 radical (unpaired) electrons. The Bertz CT molecular complexity index is 766. The maximum Gasteiger partial charge on any atom is 0.263 e. The highest BCUT2D eigenvalue weighted by Gasteiger charge is 2.20. The summed E-state index contributed by atoms with van der Waals surface area (Å²) in [5.74, 6) is -2.45. The van der Waals surface area contributed by atoms with E-state index in [-0.39, 0.29) is 15.6 Å². The normalized spacial score (nSPS) is 11.3. The van der Waals surface area contributed by atoms with E-state index >= 15 is 0 Å². The zero-order chi connectivity index (χ0) is 14.9. The smallest absolute Gasteiger partial charge is 0.263 e. The van der Waals surface area contributed by atoms with Gasteiger partial charge in [-0.1, -0.05) is 17.7 Å². The lowest BCUT2D eigenvalue weighted by molar-refractivity contribution is 0.511. The molecule has 8 heteroatoms. The standard InChI is InChI=1S/C12H9ClF2N2O2S/c13-8-6-7(16)4-5-11(8)20(18,19)17-10-3-1-2-9(14)12(10)15/h1-6,17H,16H2. The molecule has 0 saturated carbocycles. The summed E-state index contributed by atoms with van der Waals surface area (Å²) in [5.41, 5.74) is 5.24. The van der Waals surface area contributed by atoms with Crippen LogP contribution in [0.4, 0.5) is 20.2 Å². The second kappa shape index (κ2) is 5.26. The number of nitrogens with one attached hydrogen (secondary N) is 1. The molecule has 0 fully saturated rings. The van der Waals surface area contributed by atoms with Gasteiger partial charge in [0.15, 0.2) is 11.6 Å². The van der Waals surface area contributed by atoms with Crippen molar-refractivity contribution in [1.29, 1.82) is 0 Å². The number of hydrogen-bond donors (Lipinski definition) is 2. The van der Waals surface area contributed by atoms with Gasteiger partial charge in [-0.15, -0.1) is 0 Å². The molecule has 0 aliphatic heterocycles. The zero-order valence-electron chi connectivity index (χ0n) is 9.90. The number of benzene rings is 2. The summed E-state index contributed by atoms with van der Waals surface area (Å²) in [6.07, 6.45) is 0. The van der Waals surface area contributed by atoms with E-state index in [0.29, 0.717) is 0 Å². The van der Waals surface area contributed by atoms with Crippen LogP contribution in [0.5, 0.6) is 0 Å². The fraction of sp³-hybridized carbons (Fsp3) is 0. The van der Waals surface area contributed by atoms with Gasteiger partial charge >= 0.3 is 0 Å². The van der Waals surface area contributed by atoms with Gasteiger partial charge < -0.3 is 5.73 Å². The molecule has 0 saturated heterocycles. The van der Waals surface area contributed by atoms with Gasteiger partial charge in [0.05, 0.1) is 10.7 Å². The first-order valence-electron chi connectivity index (χ1n) is 5.33. The Labute approximate surface area is 119 Å². The maximum atomic E-state index is 13.5. The largest absolute Gasteiger partial charge is 0.399 e. The van der Waals surface area contributed by atoms with Crippen LogP contribution in [0.2, 0.25) is 5.02 Å². The molecule has 4 nitrogen and oxygen atoms in total. The number of hydrogen-bond acceptors (Lipinski definition) is 3. The second-order valence-electron chi connectivity index (χ2n) is 3.90. The van der Waals surface area contributed by atoms with E-state index in [1.54, 1.807) is 0 Å². The van der Waals surface area contributed by atoms with E-state index in [1.165, 1.54) is 24.3 Å². The Kier molecular flexibility index (Phi) is 3.82. The Balaban J connectivity index is 2.44. The van der Waals surface area contributed by atoms with Crippen LogP contribution in [0.25, 0.3) is 0 Å². The fourth-order valence-corrected chi connectivity index (χ4v) is 3.13. The lowest BCUT2D eigenvalue weighted by Crippen LogP contribution is -2.15. The predicted octanol–water partition coefficient (Wildman–Crippen LogP) is 3.00. The molecule has 2 aromatic rings. The van der Waals surface area contributed by atoms with Crippen LogP contribution in [0.15, 0.2) is 41.3 Å². The highest BCUT2D eigenvalue weighted by atomic mass is 35.5. The topological polar surface area (TPSA) is 72.2 Å². The minimum Gasteiger partial charge on any atom is -0.399 e. The molecule has 0 aliphatic carbocycles. The van der Waals surface area contributed by atoms with E-state index < -0.39 is 27.3 Å². The third-order valence-corrected chi connectivity index (χ3v) is 4.29. The predicted molar refractivity (Wildman–Crippen MR) is 73.0 cm³/mol. The Morgan fingerprint density at radius 3 is 2.50 bits per heavy atom. The van der Waals surface area contributed by atoms with Crippen LogP contribution in [0.3, 0.4) is 0 Å². The average molecular weight is 319 g/mol. The molecular formula is C12H9ClF2N2O2S. The van der Waals surface area contributed by atoms with Crippen molar-refractivity contribution in [3.8, 4) is 0 Å². The highest BCUT2D eigenvalue weighted by Crippen LogP contribution is 2.27. The first-order valence-corrected chi connectivity index (χ1v) is 7.19. The molecule has 0 atom stereocenters. The van der Waals surface area contributed by atoms with Gasteiger partial charge in [0.25, 0.3) is 10.0 Å². The van der Waals surface area contributed by atoms with Crippen molar-refractivity contribution >= 4 is 33.0 Å². The molecule has 0 bridgehead atoms. The summed E-state index contributed by atoms with van der Waals surface area (Å²) in [5, 5.41) is -0.116. The van der Waals surface area contributed by atoms with Crippen LogP contribution < -0.4 is 10.5 Å². The summed E-state index contributed by atoms with van der Waals surface area (Å²) in [4.78, 5) is -0.281. The molecule has 0 unspecified atom stereocenters. The summed E-state index contributed by atoms with van der Waals surface area (Å²) in [6, 6.07) is 6.92. The van der Waals surface area contributed by atoms with E-state index in [1.807, 2.05) is 4.72 Å².